The van der Waals surface area contributed by atoms with Gasteiger partial charge in [-0.05, 0) is 30.7 Å². The molecule has 0 bridgehead atoms. The number of ether oxygens (including phenoxy) is 1. The van der Waals surface area contributed by atoms with Crippen LogP contribution in [0, 0.1) is 6.92 Å². The molecule has 1 heterocycles. The molecule has 0 unspecified atom stereocenters. The predicted molar refractivity (Wildman–Crippen MR) is 69.8 cm³/mol. The van der Waals surface area contributed by atoms with Gasteiger partial charge < -0.3 is 21.5 Å². The van der Waals surface area contributed by atoms with E-state index in [1.165, 1.54) is 0 Å². The molecule has 2 aromatic rings. The lowest BCUT2D eigenvalue weighted by atomic mass is 10.1. The molecule has 1 aliphatic heterocycles. The van der Waals surface area contributed by atoms with Crippen molar-refractivity contribution in [3.8, 4) is 11.5 Å². The number of benzene rings is 2. The smallest absolute Gasteiger partial charge is 0.153 e. The first-order valence-corrected chi connectivity index (χ1v) is 5.38. The topological polar surface area (TPSA) is 73.3 Å². The molecule has 0 radical (unpaired) electrons. The van der Waals surface area contributed by atoms with Crippen molar-refractivity contribution in [1.29, 1.82) is 0 Å². The molecule has 0 aliphatic carbocycles. The minimum absolute atomic E-state index is 0.675. The number of nitrogens with two attached hydrogens (primary N) is 2. The molecular weight excluding hydrogens is 214 g/mol. The van der Waals surface area contributed by atoms with E-state index in [4.69, 9.17) is 16.2 Å². The molecule has 4 nitrogen and oxygen atoms in total. The van der Waals surface area contributed by atoms with E-state index < -0.39 is 0 Å². The van der Waals surface area contributed by atoms with Crippen molar-refractivity contribution in [3.63, 3.8) is 0 Å². The Morgan fingerprint density at radius 1 is 1.00 bits per heavy atom. The highest BCUT2D eigenvalue weighted by Crippen LogP contribution is 2.44. The summed E-state index contributed by atoms with van der Waals surface area (Å²) in [5.41, 5.74) is 15.8. The van der Waals surface area contributed by atoms with E-state index in [2.05, 4.69) is 5.32 Å². The summed E-state index contributed by atoms with van der Waals surface area (Å²) < 4.78 is 5.77. The molecule has 3 rings (SSSR count). The van der Waals surface area contributed by atoms with Gasteiger partial charge in [0, 0.05) is 23.5 Å². The Morgan fingerprint density at radius 3 is 2.59 bits per heavy atom. The molecular formula is C13H13N3O. The zero-order valence-electron chi connectivity index (χ0n) is 9.45. The molecule has 0 saturated carbocycles. The molecule has 0 atom stereocenters. The Balaban J connectivity index is 2.11. The van der Waals surface area contributed by atoms with E-state index in [9.17, 15) is 0 Å². The fourth-order valence-corrected chi connectivity index (χ4v) is 1.88. The Bertz CT molecular complexity index is 608. The van der Waals surface area contributed by atoms with E-state index in [0.717, 1.165) is 34.1 Å². The minimum Gasteiger partial charge on any atom is -0.453 e. The SMILES string of the molecule is Cc1cc2c(cc1N)Oc1cc(N)ccc1N2. The van der Waals surface area contributed by atoms with E-state index in [-0.39, 0.29) is 0 Å². The molecule has 4 heteroatoms. The molecule has 17 heavy (non-hydrogen) atoms. The largest absolute Gasteiger partial charge is 0.453 e. The fourth-order valence-electron chi connectivity index (χ4n) is 1.88. The zero-order chi connectivity index (χ0) is 12.0. The number of fused-ring (bicyclic) bond motifs is 2. The van der Waals surface area contributed by atoms with Crippen LogP contribution in [0.5, 0.6) is 11.5 Å². The number of hydrogen-bond donors (Lipinski definition) is 3. The number of aryl methyl sites for hydroxylation is 1. The third-order valence-corrected chi connectivity index (χ3v) is 2.86. The molecule has 0 saturated heterocycles. The highest BCUT2D eigenvalue weighted by molar-refractivity contribution is 5.79. The first-order valence-electron chi connectivity index (χ1n) is 5.38. The van der Waals surface area contributed by atoms with Crippen LogP contribution in [0.25, 0.3) is 0 Å². The summed E-state index contributed by atoms with van der Waals surface area (Å²) in [6, 6.07) is 9.33. The highest BCUT2D eigenvalue weighted by Gasteiger charge is 2.17. The number of anilines is 4. The van der Waals surface area contributed by atoms with Crippen molar-refractivity contribution in [2.45, 2.75) is 6.92 Å². The third kappa shape index (κ3) is 1.54. The Morgan fingerprint density at radius 2 is 1.76 bits per heavy atom. The van der Waals surface area contributed by atoms with Gasteiger partial charge in [0.15, 0.2) is 11.5 Å². The van der Waals surface area contributed by atoms with Gasteiger partial charge in [0.05, 0.1) is 11.4 Å². The summed E-state index contributed by atoms with van der Waals surface area (Å²) in [5.74, 6) is 1.45. The van der Waals surface area contributed by atoms with Crippen molar-refractivity contribution in [1.82, 2.24) is 0 Å². The van der Waals surface area contributed by atoms with E-state index >= 15 is 0 Å². The molecule has 2 aromatic carbocycles. The van der Waals surface area contributed by atoms with Crippen LogP contribution in [-0.2, 0) is 0 Å². The van der Waals surface area contributed by atoms with Gasteiger partial charge in [-0.3, -0.25) is 0 Å². The van der Waals surface area contributed by atoms with Crippen LogP contribution in [-0.4, -0.2) is 0 Å². The lowest BCUT2D eigenvalue weighted by Crippen LogP contribution is -2.04. The van der Waals surface area contributed by atoms with Crippen molar-refractivity contribution >= 4 is 22.7 Å². The average Bonchev–Trinajstić information content (AvgIpc) is 2.28. The number of hydrogen-bond acceptors (Lipinski definition) is 4. The first-order chi connectivity index (χ1) is 8.13. The maximum atomic E-state index is 5.86. The lowest BCUT2D eigenvalue weighted by Gasteiger charge is -2.23. The van der Waals surface area contributed by atoms with Crippen LogP contribution in [0.4, 0.5) is 22.7 Å². The first kappa shape index (κ1) is 9.84. The monoisotopic (exact) mass is 227 g/mol. The summed E-state index contributed by atoms with van der Waals surface area (Å²) in [5, 5.41) is 3.30. The second kappa shape index (κ2) is 3.31. The van der Waals surface area contributed by atoms with Crippen molar-refractivity contribution in [3.05, 3.63) is 35.9 Å². The van der Waals surface area contributed by atoms with Gasteiger partial charge in [-0.15, -0.1) is 0 Å². The van der Waals surface area contributed by atoms with Crippen LogP contribution in [0.1, 0.15) is 5.56 Å². The van der Waals surface area contributed by atoms with Gasteiger partial charge >= 0.3 is 0 Å². The van der Waals surface area contributed by atoms with Gasteiger partial charge in [0.1, 0.15) is 0 Å². The molecule has 1 aliphatic rings. The molecule has 0 fully saturated rings. The summed E-state index contributed by atoms with van der Waals surface area (Å²) in [4.78, 5) is 0. The minimum atomic E-state index is 0.675. The van der Waals surface area contributed by atoms with Gasteiger partial charge in [0.2, 0.25) is 0 Å². The third-order valence-electron chi connectivity index (χ3n) is 2.86. The summed E-state index contributed by atoms with van der Waals surface area (Å²) in [6.45, 7) is 1.97. The Hall–Kier alpha value is -2.36. The second-order valence-electron chi connectivity index (χ2n) is 4.19. The Labute approximate surface area is 99.2 Å². The fraction of sp³-hybridized carbons (Fsp3) is 0.0769. The average molecular weight is 227 g/mol. The van der Waals surface area contributed by atoms with E-state index in [1.54, 1.807) is 6.07 Å². The van der Waals surface area contributed by atoms with Crippen LogP contribution in [0.3, 0.4) is 0 Å². The summed E-state index contributed by atoms with van der Waals surface area (Å²) in [6.07, 6.45) is 0. The molecule has 0 amide bonds. The Kier molecular flexibility index (Phi) is 1.92. The molecule has 0 spiro atoms. The maximum Gasteiger partial charge on any atom is 0.153 e. The van der Waals surface area contributed by atoms with Gasteiger partial charge in [-0.25, -0.2) is 0 Å². The van der Waals surface area contributed by atoms with E-state index in [0.29, 0.717) is 5.69 Å². The number of nitrogens with one attached hydrogen (secondary N) is 1. The van der Waals surface area contributed by atoms with Crippen molar-refractivity contribution in [2.75, 3.05) is 16.8 Å². The van der Waals surface area contributed by atoms with Crippen LogP contribution in [0.15, 0.2) is 30.3 Å². The van der Waals surface area contributed by atoms with Crippen molar-refractivity contribution < 1.29 is 4.74 Å². The number of rotatable bonds is 0. The number of nitrogen functional groups attached to an aromatic ring is 2. The maximum absolute atomic E-state index is 5.86. The molecule has 86 valence electrons. The van der Waals surface area contributed by atoms with Crippen molar-refractivity contribution in [2.24, 2.45) is 0 Å². The second-order valence-corrected chi connectivity index (χ2v) is 4.19. The zero-order valence-corrected chi connectivity index (χ0v) is 9.45. The normalized spacial score (nSPS) is 12.1. The van der Waals surface area contributed by atoms with Gasteiger partial charge in [-0.2, -0.15) is 0 Å². The summed E-state index contributed by atoms with van der Waals surface area (Å²) >= 11 is 0. The molecule has 5 N–H and O–H groups in total. The van der Waals surface area contributed by atoms with Crippen LogP contribution in [0.2, 0.25) is 0 Å². The van der Waals surface area contributed by atoms with Crippen LogP contribution < -0.4 is 21.5 Å². The quantitative estimate of drug-likeness (QED) is 0.516. The standard InChI is InChI=1S/C13H13N3O/c1-7-4-11-13(6-9(7)15)17-12-5-8(14)2-3-10(12)16-11/h2-6,16H,14-15H2,1H3. The lowest BCUT2D eigenvalue weighted by molar-refractivity contribution is 0.481. The highest BCUT2D eigenvalue weighted by atomic mass is 16.5. The van der Waals surface area contributed by atoms with E-state index in [1.807, 2.05) is 31.2 Å². The predicted octanol–water partition coefficient (Wildman–Crippen LogP) is 3.01. The van der Waals surface area contributed by atoms with Crippen LogP contribution >= 0.6 is 0 Å². The van der Waals surface area contributed by atoms with Gasteiger partial charge in [-0.1, -0.05) is 0 Å². The van der Waals surface area contributed by atoms with Gasteiger partial charge in [0.25, 0.3) is 0 Å². The summed E-state index contributed by atoms with van der Waals surface area (Å²) in [7, 11) is 0. The molecule has 0 aromatic heterocycles.